The zero-order valence-electron chi connectivity index (χ0n) is 19.7. The molecule has 1 saturated carbocycles. The van der Waals surface area contributed by atoms with Crippen LogP contribution in [0, 0.1) is 0 Å². The molecular weight excluding hydrogens is 464 g/mol. The van der Waals surface area contributed by atoms with Gasteiger partial charge in [-0.25, -0.2) is 8.42 Å². The summed E-state index contributed by atoms with van der Waals surface area (Å²) in [6.07, 6.45) is 4.76. The van der Waals surface area contributed by atoms with Gasteiger partial charge in [0, 0.05) is 5.69 Å². The largest absolute Gasteiger partial charge is 0.494 e. The van der Waals surface area contributed by atoms with Gasteiger partial charge in [-0.15, -0.1) is 0 Å². The zero-order chi connectivity index (χ0) is 24.7. The number of carbonyl (C=O) groups excluding carboxylic acids is 1. The second-order valence-corrected chi connectivity index (χ2v) is 10.2. The Bertz CT molecular complexity index is 1210. The maximum atomic E-state index is 13.4. The van der Waals surface area contributed by atoms with Crippen molar-refractivity contribution >= 4 is 27.3 Å². The van der Waals surface area contributed by atoms with Crippen molar-refractivity contribution in [2.75, 3.05) is 22.8 Å². The molecule has 4 rings (SSSR count). The Balaban J connectivity index is 1.50. The molecule has 1 aliphatic rings. The molecule has 0 saturated heterocycles. The summed E-state index contributed by atoms with van der Waals surface area (Å²) in [4.78, 5) is 13.0. The lowest BCUT2D eigenvalue weighted by Gasteiger charge is -2.24. The van der Waals surface area contributed by atoms with Crippen LogP contribution in [0.4, 0.5) is 11.4 Å². The molecule has 0 radical (unpaired) electrons. The molecule has 3 aromatic carbocycles. The average molecular weight is 495 g/mol. The van der Waals surface area contributed by atoms with Crippen molar-refractivity contribution in [3.63, 3.8) is 0 Å². The molecule has 0 heterocycles. The lowest BCUT2D eigenvalue weighted by Crippen LogP contribution is -2.38. The van der Waals surface area contributed by atoms with E-state index >= 15 is 0 Å². The fourth-order valence-corrected chi connectivity index (χ4v) is 5.50. The average Bonchev–Trinajstić information content (AvgIpc) is 3.38. The van der Waals surface area contributed by atoms with E-state index < -0.39 is 15.9 Å². The second kappa shape index (κ2) is 11.3. The third-order valence-corrected chi connectivity index (χ3v) is 7.59. The highest BCUT2D eigenvalue weighted by molar-refractivity contribution is 7.92. The molecule has 0 aliphatic heterocycles. The molecule has 1 N–H and O–H groups in total. The van der Waals surface area contributed by atoms with Crippen LogP contribution < -0.4 is 19.1 Å². The first-order chi connectivity index (χ1) is 17.0. The molecule has 1 aliphatic carbocycles. The number of benzene rings is 3. The van der Waals surface area contributed by atoms with Crippen LogP contribution in [0.2, 0.25) is 0 Å². The minimum absolute atomic E-state index is 0.107. The number of hydrogen-bond acceptors (Lipinski definition) is 5. The highest BCUT2D eigenvalue weighted by atomic mass is 32.2. The van der Waals surface area contributed by atoms with Gasteiger partial charge < -0.3 is 14.8 Å². The number of carbonyl (C=O) groups is 1. The maximum absolute atomic E-state index is 13.4. The first kappa shape index (κ1) is 24.6. The van der Waals surface area contributed by atoms with Crippen LogP contribution >= 0.6 is 0 Å². The molecular formula is C27H30N2O5S. The van der Waals surface area contributed by atoms with E-state index in [0.29, 0.717) is 23.7 Å². The fraction of sp³-hybridized carbons (Fsp3) is 0.296. The van der Waals surface area contributed by atoms with Crippen LogP contribution in [0.3, 0.4) is 0 Å². The Labute approximate surface area is 206 Å². The van der Waals surface area contributed by atoms with E-state index in [1.807, 2.05) is 19.1 Å². The Morgan fingerprint density at radius 1 is 0.914 bits per heavy atom. The van der Waals surface area contributed by atoms with Crippen molar-refractivity contribution in [2.24, 2.45) is 0 Å². The van der Waals surface area contributed by atoms with E-state index in [0.717, 1.165) is 22.9 Å². The Morgan fingerprint density at radius 2 is 1.54 bits per heavy atom. The third kappa shape index (κ3) is 6.33. The predicted octanol–water partition coefficient (Wildman–Crippen LogP) is 5.24. The normalized spacial score (nSPS) is 13.9. The number of rotatable bonds is 10. The van der Waals surface area contributed by atoms with E-state index in [9.17, 15) is 13.2 Å². The minimum atomic E-state index is -3.98. The zero-order valence-corrected chi connectivity index (χ0v) is 20.5. The quantitative estimate of drug-likeness (QED) is 0.417. The summed E-state index contributed by atoms with van der Waals surface area (Å²) < 4.78 is 39.4. The molecule has 0 bridgehead atoms. The molecule has 184 valence electrons. The van der Waals surface area contributed by atoms with Crippen molar-refractivity contribution in [3.8, 4) is 11.5 Å². The summed E-state index contributed by atoms with van der Waals surface area (Å²) in [5, 5.41) is 2.79. The number of anilines is 2. The SMILES string of the molecule is CCOc1ccc(N(CC(=O)Nc2ccc(OC3CCCC3)cc2)S(=O)(=O)c2ccccc2)cc1. The van der Waals surface area contributed by atoms with Gasteiger partial charge in [0.15, 0.2) is 0 Å². The van der Waals surface area contributed by atoms with Gasteiger partial charge in [0.1, 0.15) is 18.0 Å². The summed E-state index contributed by atoms with van der Waals surface area (Å²) in [5.41, 5.74) is 0.935. The van der Waals surface area contributed by atoms with Crippen LogP contribution in [0.5, 0.6) is 11.5 Å². The van der Waals surface area contributed by atoms with Crippen LogP contribution in [-0.4, -0.2) is 33.6 Å². The van der Waals surface area contributed by atoms with Gasteiger partial charge >= 0.3 is 0 Å². The van der Waals surface area contributed by atoms with E-state index in [4.69, 9.17) is 9.47 Å². The monoisotopic (exact) mass is 494 g/mol. The number of ether oxygens (including phenoxy) is 2. The van der Waals surface area contributed by atoms with Gasteiger partial charge in [0.05, 0.1) is 23.3 Å². The maximum Gasteiger partial charge on any atom is 0.264 e. The molecule has 35 heavy (non-hydrogen) atoms. The van der Waals surface area contributed by atoms with Gasteiger partial charge in [0.25, 0.3) is 10.0 Å². The summed E-state index contributed by atoms with van der Waals surface area (Å²) in [6, 6.07) is 21.9. The number of nitrogens with one attached hydrogen (secondary N) is 1. The minimum Gasteiger partial charge on any atom is -0.494 e. The standard InChI is InChI=1S/C27H30N2O5S/c1-2-33-23-18-14-22(15-19-23)29(35(31,32)26-10-4-3-5-11-26)20-27(30)28-21-12-16-25(17-13-21)34-24-8-6-7-9-24/h3-5,10-19,24H,2,6-9,20H2,1H3,(H,28,30). The van der Waals surface area contributed by atoms with Gasteiger partial charge in [-0.05, 0) is 93.3 Å². The Kier molecular flexibility index (Phi) is 7.92. The number of nitrogens with zero attached hydrogens (tertiary/aromatic N) is 1. The topological polar surface area (TPSA) is 84.9 Å². The van der Waals surface area contributed by atoms with Crippen molar-refractivity contribution < 1.29 is 22.7 Å². The molecule has 7 nitrogen and oxygen atoms in total. The molecule has 8 heteroatoms. The van der Waals surface area contributed by atoms with Crippen molar-refractivity contribution in [1.82, 2.24) is 0 Å². The first-order valence-corrected chi connectivity index (χ1v) is 13.3. The number of amides is 1. The third-order valence-electron chi connectivity index (χ3n) is 5.80. The molecule has 0 unspecified atom stereocenters. The summed E-state index contributed by atoms with van der Waals surface area (Å²) in [6.45, 7) is 1.99. The van der Waals surface area contributed by atoms with Crippen LogP contribution in [-0.2, 0) is 14.8 Å². The lowest BCUT2D eigenvalue weighted by atomic mass is 10.2. The van der Waals surface area contributed by atoms with Crippen LogP contribution in [0.15, 0.2) is 83.8 Å². The number of sulfonamides is 1. The van der Waals surface area contributed by atoms with Crippen molar-refractivity contribution in [3.05, 3.63) is 78.9 Å². The molecule has 1 fully saturated rings. The fourth-order valence-electron chi connectivity index (χ4n) is 4.06. The first-order valence-electron chi connectivity index (χ1n) is 11.8. The second-order valence-electron chi connectivity index (χ2n) is 8.35. The van der Waals surface area contributed by atoms with Gasteiger partial charge in [-0.1, -0.05) is 18.2 Å². The van der Waals surface area contributed by atoms with Crippen molar-refractivity contribution in [1.29, 1.82) is 0 Å². The molecule has 0 aromatic heterocycles. The van der Waals surface area contributed by atoms with Gasteiger partial charge in [0.2, 0.25) is 5.91 Å². The molecule has 3 aromatic rings. The summed E-state index contributed by atoms with van der Waals surface area (Å²) >= 11 is 0. The van der Waals surface area contributed by atoms with Gasteiger partial charge in [-0.3, -0.25) is 9.10 Å². The lowest BCUT2D eigenvalue weighted by molar-refractivity contribution is -0.114. The van der Waals surface area contributed by atoms with E-state index in [1.54, 1.807) is 54.6 Å². The van der Waals surface area contributed by atoms with Crippen LogP contribution in [0.1, 0.15) is 32.6 Å². The van der Waals surface area contributed by atoms with Crippen LogP contribution in [0.25, 0.3) is 0 Å². The smallest absolute Gasteiger partial charge is 0.264 e. The van der Waals surface area contributed by atoms with E-state index in [2.05, 4.69) is 5.32 Å². The number of hydrogen-bond donors (Lipinski definition) is 1. The highest BCUT2D eigenvalue weighted by Crippen LogP contribution is 2.27. The predicted molar refractivity (Wildman–Crippen MR) is 137 cm³/mol. The molecule has 1 amide bonds. The van der Waals surface area contributed by atoms with Gasteiger partial charge in [-0.2, -0.15) is 0 Å². The summed E-state index contributed by atoms with van der Waals surface area (Å²) in [7, 11) is -3.98. The summed E-state index contributed by atoms with van der Waals surface area (Å²) in [5.74, 6) is 0.929. The Hall–Kier alpha value is -3.52. The van der Waals surface area contributed by atoms with E-state index in [-0.39, 0.29) is 17.5 Å². The molecule has 0 spiro atoms. The Morgan fingerprint density at radius 3 is 2.17 bits per heavy atom. The van der Waals surface area contributed by atoms with E-state index in [1.165, 1.54) is 25.0 Å². The van der Waals surface area contributed by atoms with Crippen molar-refractivity contribution in [2.45, 2.75) is 43.6 Å². The molecule has 0 atom stereocenters. The highest BCUT2D eigenvalue weighted by Gasteiger charge is 2.27.